The minimum absolute atomic E-state index is 0.329. The second-order valence-electron chi connectivity index (χ2n) is 4.74. The lowest BCUT2D eigenvalue weighted by molar-refractivity contribution is -0.121. The summed E-state index contributed by atoms with van der Waals surface area (Å²) in [5.41, 5.74) is -0.329. The minimum atomic E-state index is -0.329. The summed E-state index contributed by atoms with van der Waals surface area (Å²) < 4.78 is 5.71. The topological polar surface area (TPSA) is 29.5 Å². The average molecular weight is 168 g/mol. The summed E-state index contributed by atoms with van der Waals surface area (Å²) in [5.74, 6) is 0.615. The van der Waals surface area contributed by atoms with Crippen LogP contribution in [0.25, 0.3) is 0 Å². The first-order chi connectivity index (χ1) is 5.76. The molecule has 68 valence electrons. The molecule has 1 saturated carbocycles. The number of rotatable bonds is 1. The maximum absolute atomic E-state index is 10.3. The molecule has 0 amide bonds. The van der Waals surface area contributed by atoms with Crippen LogP contribution in [0.5, 0.6) is 0 Å². The molecule has 2 unspecified atom stereocenters. The third kappa shape index (κ3) is 1.01. The van der Waals surface area contributed by atoms with Gasteiger partial charge >= 0.3 is 0 Å². The Balaban J connectivity index is 1.80. The van der Waals surface area contributed by atoms with E-state index in [1.807, 2.05) is 0 Å². The summed E-state index contributed by atoms with van der Waals surface area (Å²) in [6, 6.07) is 0. The molecule has 3 aliphatic rings. The molecular formula is C10H16O2. The Morgan fingerprint density at radius 1 is 1.00 bits per heavy atom. The molecule has 1 aliphatic carbocycles. The fourth-order valence-electron chi connectivity index (χ4n) is 2.91. The number of aliphatic hydroxyl groups is 1. The zero-order valence-corrected chi connectivity index (χ0v) is 7.33. The lowest BCUT2D eigenvalue weighted by Crippen LogP contribution is -2.42. The van der Waals surface area contributed by atoms with Crippen molar-refractivity contribution in [2.24, 2.45) is 5.92 Å². The normalized spacial score (nSPS) is 52.8. The van der Waals surface area contributed by atoms with Crippen molar-refractivity contribution in [3.63, 3.8) is 0 Å². The number of hydrogen-bond acceptors (Lipinski definition) is 2. The van der Waals surface area contributed by atoms with E-state index in [2.05, 4.69) is 0 Å². The first-order valence-electron chi connectivity index (χ1n) is 5.14. The third-order valence-corrected chi connectivity index (χ3v) is 3.70. The van der Waals surface area contributed by atoms with E-state index >= 15 is 0 Å². The van der Waals surface area contributed by atoms with Crippen LogP contribution in [0.2, 0.25) is 0 Å². The van der Waals surface area contributed by atoms with Crippen molar-refractivity contribution >= 4 is 0 Å². The molecule has 2 saturated heterocycles. The second-order valence-corrected chi connectivity index (χ2v) is 4.74. The van der Waals surface area contributed by atoms with Crippen LogP contribution in [-0.2, 0) is 4.74 Å². The Labute approximate surface area is 72.9 Å². The summed E-state index contributed by atoms with van der Waals surface area (Å²) >= 11 is 0. The quantitative estimate of drug-likeness (QED) is 0.642. The summed E-state index contributed by atoms with van der Waals surface area (Å²) in [6.45, 7) is 0. The van der Waals surface area contributed by atoms with Gasteiger partial charge in [-0.1, -0.05) is 0 Å². The van der Waals surface area contributed by atoms with Gasteiger partial charge in [-0.3, -0.25) is 0 Å². The van der Waals surface area contributed by atoms with Crippen molar-refractivity contribution in [2.75, 3.05) is 0 Å². The molecule has 2 heterocycles. The van der Waals surface area contributed by atoms with E-state index in [0.29, 0.717) is 18.1 Å². The molecule has 12 heavy (non-hydrogen) atoms. The number of fused-ring (bicyclic) bond motifs is 2. The monoisotopic (exact) mass is 168 g/mol. The molecule has 0 aromatic rings. The van der Waals surface area contributed by atoms with Gasteiger partial charge in [0.05, 0.1) is 17.8 Å². The Morgan fingerprint density at radius 2 is 1.58 bits per heavy atom. The van der Waals surface area contributed by atoms with Crippen LogP contribution in [0.1, 0.15) is 38.5 Å². The molecule has 0 aromatic heterocycles. The van der Waals surface area contributed by atoms with Crippen LogP contribution in [-0.4, -0.2) is 22.9 Å². The van der Waals surface area contributed by atoms with E-state index in [4.69, 9.17) is 4.74 Å². The van der Waals surface area contributed by atoms with E-state index in [1.54, 1.807) is 0 Å². The van der Waals surface area contributed by atoms with Crippen molar-refractivity contribution in [3.05, 3.63) is 0 Å². The maximum Gasteiger partial charge on any atom is 0.0725 e. The highest BCUT2D eigenvalue weighted by Gasteiger charge is 2.51. The molecule has 2 bridgehead atoms. The van der Waals surface area contributed by atoms with Crippen LogP contribution in [0.4, 0.5) is 0 Å². The fraction of sp³-hybridized carbons (Fsp3) is 1.00. The first kappa shape index (κ1) is 7.34. The van der Waals surface area contributed by atoms with E-state index in [0.717, 1.165) is 12.8 Å². The highest BCUT2D eigenvalue weighted by Crippen LogP contribution is 2.50. The summed E-state index contributed by atoms with van der Waals surface area (Å²) in [5, 5.41) is 10.3. The van der Waals surface area contributed by atoms with Crippen LogP contribution in [0, 0.1) is 5.92 Å². The fourth-order valence-corrected chi connectivity index (χ4v) is 2.91. The smallest absolute Gasteiger partial charge is 0.0725 e. The molecule has 2 atom stereocenters. The summed E-state index contributed by atoms with van der Waals surface area (Å²) in [6.07, 6.45) is 7.44. The highest BCUT2D eigenvalue weighted by molar-refractivity contribution is 5.02. The molecule has 2 nitrogen and oxygen atoms in total. The molecule has 0 aromatic carbocycles. The molecule has 2 aliphatic heterocycles. The molecular weight excluding hydrogens is 152 g/mol. The zero-order valence-electron chi connectivity index (χ0n) is 7.33. The first-order valence-corrected chi connectivity index (χ1v) is 5.14. The van der Waals surface area contributed by atoms with Crippen molar-refractivity contribution in [3.8, 4) is 0 Å². The van der Waals surface area contributed by atoms with Crippen molar-refractivity contribution in [2.45, 2.75) is 56.3 Å². The van der Waals surface area contributed by atoms with Crippen LogP contribution < -0.4 is 0 Å². The highest BCUT2D eigenvalue weighted by atomic mass is 16.5. The van der Waals surface area contributed by atoms with Gasteiger partial charge in [-0.15, -0.1) is 0 Å². The lowest BCUT2D eigenvalue weighted by atomic mass is 9.86. The largest absolute Gasteiger partial charge is 0.389 e. The number of ether oxygens (including phenoxy) is 1. The van der Waals surface area contributed by atoms with Crippen molar-refractivity contribution in [1.29, 1.82) is 0 Å². The Bertz CT molecular complexity index is 186. The average Bonchev–Trinajstić information content (AvgIpc) is 2.79. The van der Waals surface area contributed by atoms with Gasteiger partial charge in [-0.2, -0.15) is 0 Å². The molecule has 0 radical (unpaired) electrons. The maximum atomic E-state index is 10.3. The molecule has 3 rings (SSSR count). The molecule has 3 fully saturated rings. The van der Waals surface area contributed by atoms with Gasteiger partial charge < -0.3 is 9.84 Å². The van der Waals surface area contributed by atoms with Gasteiger partial charge in [0, 0.05) is 12.8 Å². The molecule has 2 heteroatoms. The molecule has 0 spiro atoms. The van der Waals surface area contributed by atoms with E-state index < -0.39 is 0 Å². The summed E-state index contributed by atoms with van der Waals surface area (Å²) in [7, 11) is 0. The predicted molar refractivity (Wildman–Crippen MR) is 44.8 cm³/mol. The molecule has 1 N–H and O–H groups in total. The standard InChI is InChI=1S/C10H16O2/c11-10(7-1-2-7)5-8-3-4-9(6-10)12-8/h7-9,11H,1-6H2. The van der Waals surface area contributed by atoms with Crippen LogP contribution >= 0.6 is 0 Å². The predicted octanol–water partition coefficient (Wildman–Crippen LogP) is 1.47. The van der Waals surface area contributed by atoms with Crippen molar-refractivity contribution < 1.29 is 9.84 Å². The SMILES string of the molecule is OC1(C2CC2)CC2CCC(C1)O2. The minimum Gasteiger partial charge on any atom is -0.389 e. The van der Waals surface area contributed by atoms with Crippen molar-refractivity contribution in [1.82, 2.24) is 0 Å². The Morgan fingerprint density at radius 3 is 2.08 bits per heavy atom. The Kier molecular flexibility index (Phi) is 1.37. The van der Waals surface area contributed by atoms with Gasteiger partial charge in [-0.05, 0) is 31.6 Å². The van der Waals surface area contributed by atoms with Gasteiger partial charge in [0.1, 0.15) is 0 Å². The Hall–Kier alpha value is -0.0800. The van der Waals surface area contributed by atoms with Gasteiger partial charge in [0.15, 0.2) is 0 Å². The second kappa shape index (κ2) is 2.24. The van der Waals surface area contributed by atoms with E-state index in [-0.39, 0.29) is 5.60 Å². The van der Waals surface area contributed by atoms with Crippen LogP contribution in [0.15, 0.2) is 0 Å². The van der Waals surface area contributed by atoms with E-state index in [1.165, 1.54) is 25.7 Å². The lowest BCUT2D eigenvalue weighted by Gasteiger charge is -2.36. The van der Waals surface area contributed by atoms with Gasteiger partial charge in [-0.25, -0.2) is 0 Å². The van der Waals surface area contributed by atoms with E-state index in [9.17, 15) is 5.11 Å². The van der Waals surface area contributed by atoms with Gasteiger partial charge in [0.25, 0.3) is 0 Å². The third-order valence-electron chi connectivity index (χ3n) is 3.70. The van der Waals surface area contributed by atoms with Gasteiger partial charge in [0.2, 0.25) is 0 Å². The zero-order chi connectivity index (χ0) is 8.18. The summed E-state index contributed by atoms with van der Waals surface area (Å²) in [4.78, 5) is 0. The number of hydrogen-bond donors (Lipinski definition) is 1. The van der Waals surface area contributed by atoms with Crippen LogP contribution in [0.3, 0.4) is 0 Å².